The second-order valence-corrected chi connectivity index (χ2v) is 5.81. The van der Waals surface area contributed by atoms with Gasteiger partial charge in [0.1, 0.15) is 12.4 Å². The molecule has 0 N–H and O–H groups in total. The molecule has 0 unspecified atom stereocenters. The highest BCUT2D eigenvalue weighted by atomic mass is 79.9. The summed E-state index contributed by atoms with van der Waals surface area (Å²) in [7, 11) is 0. The van der Waals surface area contributed by atoms with E-state index in [-0.39, 0.29) is 0 Å². The van der Waals surface area contributed by atoms with Crippen molar-refractivity contribution in [3.63, 3.8) is 0 Å². The first-order chi connectivity index (χ1) is 9.11. The molecule has 100 valence electrons. The van der Waals surface area contributed by atoms with Crippen molar-refractivity contribution in [3.8, 4) is 5.75 Å². The first-order valence-corrected chi connectivity index (χ1v) is 7.53. The number of aryl methyl sites for hydroxylation is 1. The third kappa shape index (κ3) is 3.65. The molecular weight excluding hydrogens is 347 g/mol. The minimum atomic E-state index is 0.431. The molecule has 0 aliphatic heterocycles. The summed E-state index contributed by atoms with van der Waals surface area (Å²) in [6.45, 7) is 2.44. The molecule has 2 aromatic rings. The second-order valence-electron chi connectivity index (χ2n) is 4.22. The van der Waals surface area contributed by atoms with Crippen LogP contribution in [0.2, 0.25) is 5.02 Å². The molecule has 0 fully saturated rings. The number of ether oxygens (including phenoxy) is 1. The molecule has 2 aromatic carbocycles. The van der Waals surface area contributed by atoms with E-state index in [2.05, 4.69) is 15.9 Å². The van der Waals surface area contributed by atoms with Gasteiger partial charge >= 0.3 is 0 Å². The Morgan fingerprint density at radius 2 is 1.95 bits per heavy atom. The van der Waals surface area contributed by atoms with Gasteiger partial charge in [0, 0.05) is 20.6 Å². The third-order valence-corrected chi connectivity index (χ3v) is 3.96. The van der Waals surface area contributed by atoms with E-state index in [1.807, 2.05) is 43.3 Å². The van der Waals surface area contributed by atoms with Crippen LogP contribution in [0.5, 0.6) is 5.75 Å². The van der Waals surface area contributed by atoms with Crippen molar-refractivity contribution < 1.29 is 4.74 Å². The van der Waals surface area contributed by atoms with Crippen molar-refractivity contribution in [3.05, 3.63) is 62.6 Å². The summed E-state index contributed by atoms with van der Waals surface area (Å²) in [6, 6.07) is 11.7. The van der Waals surface area contributed by atoms with E-state index in [9.17, 15) is 0 Å². The largest absolute Gasteiger partial charge is 0.488 e. The monoisotopic (exact) mass is 358 g/mol. The molecule has 19 heavy (non-hydrogen) atoms. The Morgan fingerprint density at radius 3 is 2.63 bits per heavy atom. The number of alkyl halides is 1. The van der Waals surface area contributed by atoms with Crippen molar-refractivity contribution in [1.82, 2.24) is 0 Å². The van der Waals surface area contributed by atoms with Crippen LogP contribution < -0.4 is 4.74 Å². The Balaban J connectivity index is 2.19. The fraction of sp³-hybridized carbons (Fsp3) is 0.200. The number of hydrogen-bond donors (Lipinski definition) is 0. The molecule has 0 heterocycles. The molecule has 0 saturated heterocycles. The molecule has 0 radical (unpaired) electrons. The van der Waals surface area contributed by atoms with Crippen LogP contribution in [-0.4, -0.2) is 0 Å². The lowest BCUT2D eigenvalue weighted by molar-refractivity contribution is 0.302. The lowest BCUT2D eigenvalue weighted by atomic mass is 10.1. The minimum Gasteiger partial charge on any atom is -0.488 e. The van der Waals surface area contributed by atoms with Crippen LogP contribution in [0, 0.1) is 6.92 Å². The first-order valence-electron chi connectivity index (χ1n) is 5.83. The molecule has 0 atom stereocenters. The summed E-state index contributed by atoms with van der Waals surface area (Å²) in [4.78, 5) is 0. The Morgan fingerprint density at radius 1 is 1.16 bits per heavy atom. The fourth-order valence-corrected chi connectivity index (χ4v) is 2.75. The lowest BCUT2D eigenvalue weighted by Gasteiger charge is -2.13. The molecule has 0 bridgehead atoms. The SMILES string of the molecule is Cc1cccc(CCl)c1OCc1ccc(Br)cc1Cl. The molecule has 1 nitrogen and oxygen atoms in total. The van der Waals surface area contributed by atoms with Crippen molar-refractivity contribution in [1.29, 1.82) is 0 Å². The molecule has 4 heteroatoms. The highest BCUT2D eigenvalue weighted by Gasteiger charge is 2.08. The zero-order chi connectivity index (χ0) is 13.8. The maximum Gasteiger partial charge on any atom is 0.127 e. The highest BCUT2D eigenvalue weighted by molar-refractivity contribution is 9.10. The Bertz CT molecular complexity index is 584. The van der Waals surface area contributed by atoms with E-state index < -0.39 is 0 Å². The summed E-state index contributed by atoms with van der Waals surface area (Å²) in [5.41, 5.74) is 3.02. The number of hydrogen-bond acceptors (Lipinski definition) is 1. The highest BCUT2D eigenvalue weighted by Crippen LogP contribution is 2.28. The smallest absolute Gasteiger partial charge is 0.127 e. The van der Waals surface area contributed by atoms with Crippen molar-refractivity contribution in [2.24, 2.45) is 0 Å². The van der Waals surface area contributed by atoms with E-state index in [1.165, 1.54) is 0 Å². The van der Waals surface area contributed by atoms with E-state index in [1.54, 1.807) is 0 Å². The van der Waals surface area contributed by atoms with Gasteiger partial charge < -0.3 is 4.74 Å². The fourth-order valence-electron chi connectivity index (χ4n) is 1.81. The van der Waals surface area contributed by atoms with Crippen LogP contribution in [-0.2, 0) is 12.5 Å². The van der Waals surface area contributed by atoms with Gasteiger partial charge in [0.25, 0.3) is 0 Å². The quantitative estimate of drug-likeness (QED) is 0.633. The molecule has 0 saturated carbocycles. The standard InChI is InChI=1S/C15H13BrCl2O/c1-10-3-2-4-11(8-17)15(10)19-9-12-5-6-13(16)7-14(12)18/h2-7H,8-9H2,1H3. The Labute approximate surface area is 131 Å². The summed E-state index contributed by atoms with van der Waals surface area (Å²) in [5.74, 6) is 1.28. The van der Waals surface area contributed by atoms with Gasteiger partial charge in [-0.05, 0) is 24.6 Å². The first kappa shape index (κ1) is 14.7. The van der Waals surface area contributed by atoms with Gasteiger partial charge in [-0.1, -0.05) is 51.8 Å². The van der Waals surface area contributed by atoms with Crippen LogP contribution in [0.4, 0.5) is 0 Å². The predicted molar refractivity (Wildman–Crippen MR) is 84.2 cm³/mol. The molecule has 0 aromatic heterocycles. The summed E-state index contributed by atoms with van der Waals surface area (Å²) < 4.78 is 6.84. The number of para-hydroxylation sites is 1. The van der Waals surface area contributed by atoms with E-state index >= 15 is 0 Å². The van der Waals surface area contributed by atoms with E-state index in [0.717, 1.165) is 26.9 Å². The average Bonchev–Trinajstić information content (AvgIpc) is 2.39. The molecule has 2 rings (SSSR count). The van der Waals surface area contributed by atoms with Crippen molar-refractivity contribution in [2.45, 2.75) is 19.4 Å². The number of halogens is 3. The Kier molecular flexibility index (Phi) is 5.14. The van der Waals surface area contributed by atoms with Crippen LogP contribution >= 0.6 is 39.1 Å². The zero-order valence-electron chi connectivity index (χ0n) is 10.4. The van der Waals surface area contributed by atoms with Crippen LogP contribution in [0.3, 0.4) is 0 Å². The molecular formula is C15H13BrCl2O. The topological polar surface area (TPSA) is 9.23 Å². The van der Waals surface area contributed by atoms with E-state index in [4.69, 9.17) is 27.9 Å². The molecule has 0 spiro atoms. The van der Waals surface area contributed by atoms with Crippen LogP contribution in [0.25, 0.3) is 0 Å². The third-order valence-electron chi connectivity index (χ3n) is 2.82. The normalized spacial score (nSPS) is 10.5. The second kappa shape index (κ2) is 6.65. The van der Waals surface area contributed by atoms with Gasteiger partial charge in [-0.3, -0.25) is 0 Å². The number of rotatable bonds is 4. The molecule has 0 amide bonds. The minimum absolute atomic E-state index is 0.431. The van der Waals surface area contributed by atoms with Crippen molar-refractivity contribution in [2.75, 3.05) is 0 Å². The van der Waals surface area contributed by atoms with Gasteiger partial charge in [-0.2, -0.15) is 0 Å². The van der Waals surface area contributed by atoms with Gasteiger partial charge in [0.15, 0.2) is 0 Å². The lowest BCUT2D eigenvalue weighted by Crippen LogP contribution is -2.00. The maximum absolute atomic E-state index is 6.17. The van der Waals surface area contributed by atoms with Crippen molar-refractivity contribution >= 4 is 39.1 Å². The van der Waals surface area contributed by atoms with Gasteiger partial charge in [-0.25, -0.2) is 0 Å². The molecule has 0 aliphatic carbocycles. The molecule has 0 aliphatic rings. The summed E-state index contributed by atoms with van der Waals surface area (Å²) in [6.07, 6.45) is 0. The predicted octanol–water partition coefficient (Wildman–Crippen LogP) is 5.73. The summed E-state index contributed by atoms with van der Waals surface area (Å²) >= 11 is 15.5. The van der Waals surface area contributed by atoms with E-state index in [0.29, 0.717) is 17.5 Å². The van der Waals surface area contributed by atoms with Crippen LogP contribution in [0.1, 0.15) is 16.7 Å². The maximum atomic E-state index is 6.17. The Hall–Kier alpha value is -0.700. The number of benzene rings is 2. The average molecular weight is 360 g/mol. The summed E-state index contributed by atoms with van der Waals surface area (Å²) in [5, 5.41) is 0.690. The van der Waals surface area contributed by atoms with Crippen LogP contribution in [0.15, 0.2) is 40.9 Å². The van der Waals surface area contributed by atoms with Gasteiger partial charge in [0.2, 0.25) is 0 Å². The zero-order valence-corrected chi connectivity index (χ0v) is 13.5. The van der Waals surface area contributed by atoms with Gasteiger partial charge in [0.05, 0.1) is 5.88 Å². The van der Waals surface area contributed by atoms with Gasteiger partial charge in [-0.15, -0.1) is 11.6 Å².